The zero-order valence-electron chi connectivity index (χ0n) is 13.0. The maximum absolute atomic E-state index is 12.4. The summed E-state index contributed by atoms with van der Waals surface area (Å²) in [5.74, 6) is -1.23. The largest absolute Gasteiger partial charge is 0.481 e. The Kier molecular flexibility index (Phi) is 5.90. The van der Waals surface area contributed by atoms with Crippen molar-refractivity contribution in [3.8, 4) is 0 Å². The number of anilines is 1. The number of carbonyl (C=O) groups is 3. The molecule has 0 spiro atoms. The fourth-order valence-corrected chi connectivity index (χ4v) is 2.73. The highest BCUT2D eigenvalue weighted by Crippen LogP contribution is 2.25. The van der Waals surface area contributed by atoms with Gasteiger partial charge in [-0.15, -0.1) is 0 Å². The molecule has 1 fully saturated rings. The molecule has 0 unspecified atom stereocenters. The molecule has 1 heterocycles. The smallest absolute Gasteiger partial charge is 0.322 e. The molecule has 1 aliphatic heterocycles. The van der Waals surface area contributed by atoms with E-state index in [-0.39, 0.29) is 18.9 Å². The topological polar surface area (TPSA) is 90.0 Å². The monoisotopic (exact) mass is 373 g/mol. The minimum atomic E-state index is -0.963. The summed E-state index contributed by atoms with van der Waals surface area (Å²) in [7, 11) is 0. The summed E-state index contributed by atoms with van der Waals surface area (Å²) in [4.78, 5) is 38.1. The molecule has 130 valence electrons. The first-order chi connectivity index (χ1) is 11.3. The standard InChI is InChI=1S/C15H17Cl2N3O4/c1-9-14(23)19(5-4-13(21)22)6-7-20(9)15(24)18-10-2-3-11(16)12(17)8-10/h2-3,8-9H,4-7H2,1H3,(H,18,24)(H,21,22)/t9-/m0/s1. The molecule has 1 aromatic rings. The Morgan fingerprint density at radius 3 is 2.62 bits per heavy atom. The molecule has 0 aliphatic carbocycles. The second-order valence-electron chi connectivity index (χ2n) is 5.40. The molecule has 1 saturated heterocycles. The molecule has 24 heavy (non-hydrogen) atoms. The molecule has 1 aromatic carbocycles. The Balaban J connectivity index is 1.99. The van der Waals surface area contributed by atoms with E-state index in [4.69, 9.17) is 28.3 Å². The molecular weight excluding hydrogens is 357 g/mol. The number of urea groups is 1. The number of halogens is 2. The van der Waals surface area contributed by atoms with Crippen molar-refractivity contribution in [2.75, 3.05) is 25.0 Å². The van der Waals surface area contributed by atoms with Gasteiger partial charge >= 0.3 is 12.0 Å². The van der Waals surface area contributed by atoms with Crippen LogP contribution in [0.1, 0.15) is 13.3 Å². The van der Waals surface area contributed by atoms with E-state index < -0.39 is 18.0 Å². The quantitative estimate of drug-likeness (QED) is 0.848. The van der Waals surface area contributed by atoms with E-state index in [0.29, 0.717) is 28.8 Å². The lowest BCUT2D eigenvalue weighted by atomic mass is 10.1. The minimum absolute atomic E-state index is 0.117. The first kappa shape index (κ1) is 18.4. The van der Waals surface area contributed by atoms with E-state index in [1.165, 1.54) is 15.9 Å². The molecule has 0 bridgehead atoms. The third-order valence-electron chi connectivity index (χ3n) is 3.77. The molecule has 1 atom stereocenters. The molecule has 2 rings (SSSR count). The minimum Gasteiger partial charge on any atom is -0.481 e. The van der Waals surface area contributed by atoms with E-state index in [2.05, 4.69) is 5.32 Å². The van der Waals surface area contributed by atoms with Gasteiger partial charge in [-0.05, 0) is 25.1 Å². The second kappa shape index (κ2) is 7.72. The third kappa shape index (κ3) is 4.30. The highest BCUT2D eigenvalue weighted by molar-refractivity contribution is 6.42. The van der Waals surface area contributed by atoms with Crippen molar-refractivity contribution in [2.45, 2.75) is 19.4 Å². The van der Waals surface area contributed by atoms with Crippen LogP contribution in [0, 0.1) is 0 Å². The maximum Gasteiger partial charge on any atom is 0.322 e. The second-order valence-corrected chi connectivity index (χ2v) is 6.21. The number of rotatable bonds is 4. The number of hydrogen-bond donors (Lipinski definition) is 2. The number of amides is 3. The summed E-state index contributed by atoms with van der Waals surface area (Å²) in [6.45, 7) is 2.37. The summed E-state index contributed by atoms with van der Waals surface area (Å²) in [5, 5.41) is 12.1. The molecule has 0 saturated carbocycles. The Morgan fingerprint density at radius 1 is 1.29 bits per heavy atom. The third-order valence-corrected chi connectivity index (χ3v) is 4.51. The molecule has 0 aromatic heterocycles. The number of carboxylic acids is 1. The van der Waals surface area contributed by atoms with Crippen LogP contribution in [-0.2, 0) is 9.59 Å². The average molecular weight is 374 g/mol. The van der Waals surface area contributed by atoms with Crippen LogP contribution in [-0.4, -0.2) is 58.5 Å². The van der Waals surface area contributed by atoms with E-state index in [0.717, 1.165) is 0 Å². The number of benzene rings is 1. The van der Waals surface area contributed by atoms with Crippen molar-refractivity contribution in [3.63, 3.8) is 0 Å². The maximum atomic E-state index is 12.4. The van der Waals surface area contributed by atoms with Crippen LogP contribution < -0.4 is 5.32 Å². The Morgan fingerprint density at radius 2 is 2.00 bits per heavy atom. The van der Waals surface area contributed by atoms with Crippen molar-refractivity contribution in [1.29, 1.82) is 0 Å². The van der Waals surface area contributed by atoms with Gasteiger partial charge in [-0.3, -0.25) is 9.59 Å². The number of hydrogen-bond acceptors (Lipinski definition) is 3. The number of carbonyl (C=O) groups excluding carboxylic acids is 2. The fraction of sp³-hybridized carbons (Fsp3) is 0.400. The van der Waals surface area contributed by atoms with Gasteiger partial charge in [0.15, 0.2) is 0 Å². The highest BCUT2D eigenvalue weighted by atomic mass is 35.5. The zero-order chi connectivity index (χ0) is 17.9. The SMILES string of the molecule is C[C@H]1C(=O)N(CCC(=O)O)CCN1C(=O)Nc1ccc(Cl)c(Cl)c1. The van der Waals surface area contributed by atoms with Crippen LogP contribution in [0.2, 0.25) is 10.0 Å². The van der Waals surface area contributed by atoms with Gasteiger partial charge in [0, 0.05) is 25.3 Å². The summed E-state index contributed by atoms with van der Waals surface area (Å²) >= 11 is 11.7. The lowest BCUT2D eigenvalue weighted by molar-refractivity contribution is -0.141. The highest BCUT2D eigenvalue weighted by Gasteiger charge is 2.34. The van der Waals surface area contributed by atoms with E-state index in [9.17, 15) is 14.4 Å². The molecular formula is C15H17Cl2N3O4. The van der Waals surface area contributed by atoms with Crippen molar-refractivity contribution in [3.05, 3.63) is 28.2 Å². The summed E-state index contributed by atoms with van der Waals surface area (Å²) in [6, 6.07) is 3.61. The van der Waals surface area contributed by atoms with Gasteiger partial charge in [0.1, 0.15) is 6.04 Å². The number of aliphatic carboxylic acids is 1. The predicted molar refractivity (Wildman–Crippen MR) is 90.5 cm³/mol. The summed E-state index contributed by atoms with van der Waals surface area (Å²) < 4.78 is 0. The summed E-state index contributed by atoms with van der Waals surface area (Å²) in [5.41, 5.74) is 0.474. The summed E-state index contributed by atoms with van der Waals surface area (Å²) in [6.07, 6.45) is -0.117. The van der Waals surface area contributed by atoms with Crippen LogP contribution >= 0.6 is 23.2 Å². The van der Waals surface area contributed by atoms with Gasteiger partial charge < -0.3 is 20.2 Å². The van der Waals surface area contributed by atoms with Crippen molar-refractivity contribution in [2.24, 2.45) is 0 Å². The Bertz CT molecular complexity index is 668. The van der Waals surface area contributed by atoms with Crippen molar-refractivity contribution >= 4 is 46.8 Å². The molecule has 1 aliphatic rings. The first-order valence-electron chi connectivity index (χ1n) is 7.33. The van der Waals surface area contributed by atoms with Crippen molar-refractivity contribution < 1.29 is 19.5 Å². The average Bonchev–Trinajstić information content (AvgIpc) is 2.52. The fourth-order valence-electron chi connectivity index (χ4n) is 2.43. The van der Waals surface area contributed by atoms with Gasteiger partial charge in [-0.1, -0.05) is 23.2 Å². The first-order valence-corrected chi connectivity index (χ1v) is 8.08. The Hall–Kier alpha value is -1.99. The van der Waals surface area contributed by atoms with Gasteiger partial charge in [-0.2, -0.15) is 0 Å². The van der Waals surface area contributed by atoms with Gasteiger partial charge in [0.25, 0.3) is 0 Å². The molecule has 7 nitrogen and oxygen atoms in total. The normalized spacial score (nSPS) is 17.8. The zero-order valence-corrected chi connectivity index (χ0v) is 14.5. The van der Waals surface area contributed by atoms with E-state index >= 15 is 0 Å². The van der Waals surface area contributed by atoms with Crippen LogP contribution in [0.4, 0.5) is 10.5 Å². The lowest BCUT2D eigenvalue weighted by Gasteiger charge is -2.38. The number of nitrogens with zero attached hydrogens (tertiary/aromatic N) is 2. The number of piperazine rings is 1. The van der Waals surface area contributed by atoms with Crippen LogP contribution in [0.25, 0.3) is 0 Å². The van der Waals surface area contributed by atoms with E-state index in [1.54, 1.807) is 19.1 Å². The molecule has 3 amide bonds. The van der Waals surface area contributed by atoms with Crippen LogP contribution in [0.5, 0.6) is 0 Å². The molecule has 2 N–H and O–H groups in total. The Labute approximate surface area is 149 Å². The predicted octanol–water partition coefficient (Wildman–Crippen LogP) is 2.53. The van der Waals surface area contributed by atoms with Crippen LogP contribution in [0.3, 0.4) is 0 Å². The van der Waals surface area contributed by atoms with Crippen LogP contribution in [0.15, 0.2) is 18.2 Å². The molecule has 0 radical (unpaired) electrons. The lowest BCUT2D eigenvalue weighted by Crippen LogP contribution is -2.58. The number of nitrogens with one attached hydrogen (secondary N) is 1. The van der Waals surface area contributed by atoms with Crippen molar-refractivity contribution in [1.82, 2.24) is 9.80 Å². The van der Waals surface area contributed by atoms with Gasteiger partial charge in [-0.25, -0.2) is 4.79 Å². The van der Waals surface area contributed by atoms with Gasteiger partial charge in [0.2, 0.25) is 5.91 Å². The molecule has 9 heteroatoms. The van der Waals surface area contributed by atoms with Gasteiger partial charge in [0.05, 0.1) is 16.5 Å². The van der Waals surface area contributed by atoms with E-state index in [1.807, 2.05) is 0 Å². The number of carboxylic acid groups (broad SMARTS) is 1.